The van der Waals surface area contributed by atoms with E-state index in [1.165, 1.54) is 88.6 Å². The van der Waals surface area contributed by atoms with Crippen molar-refractivity contribution in [2.45, 2.75) is 89.9 Å². The molecule has 125 valence electrons. The molecule has 1 nitrogen and oxygen atoms in total. The van der Waals surface area contributed by atoms with Crippen molar-refractivity contribution >= 4 is 11.8 Å². The van der Waals surface area contributed by atoms with Gasteiger partial charge in [-0.1, -0.05) is 71.1 Å². The molecule has 0 unspecified atom stereocenters. The minimum Gasteiger partial charge on any atom is -0.344 e. The van der Waals surface area contributed by atoms with Crippen molar-refractivity contribution in [3.63, 3.8) is 0 Å². The third kappa shape index (κ3) is 22.3. The second-order valence-electron chi connectivity index (χ2n) is 5.66. The van der Waals surface area contributed by atoms with Crippen LogP contribution in [0.5, 0.6) is 0 Å². The Morgan fingerprint density at radius 3 is 1.52 bits per heavy atom. The van der Waals surface area contributed by atoms with Crippen LogP contribution in [0.2, 0.25) is 0 Å². The lowest BCUT2D eigenvalue weighted by atomic mass is 10.0. The molecule has 0 aliphatic heterocycles. The zero-order valence-corrected chi connectivity index (χ0v) is 15.0. The van der Waals surface area contributed by atoms with E-state index in [2.05, 4.69) is 24.6 Å². The number of unbranched alkanes of at least 4 members (excludes halogenated alkanes) is 12. The molecular weight excluding hydrogens is 274 g/mol. The quantitative estimate of drug-likeness (QED) is 0.251. The lowest BCUT2D eigenvalue weighted by Crippen LogP contribution is -1.85. The number of thioether (sulfide) groups is 1. The maximum Gasteiger partial charge on any atom is 0.00860 e. The zero-order valence-electron chi connectivity index (χ0n) is 14.2. The van der Waals surface area contributed by atoms with Crippen LogP contribution < -0.4 is 6.15 Å². The molecule has 0 aromatic rings. The molecule has 0 aromatic carbocycles. The van der Waals surface area contributed by atoms with Gasteiger partial charge in [0, 0.05) is 6.42 Å². The number of hydrogen-bond donors (Lipinski definition) is 1. The number of rotatable bonds is 16. The van der Waals surface area contributed by atoms with Gasteiger partial charge < -0.3 is 6.15 Å². The van der Waals surface area contributed by atoms with E-state index in [1.807, 2.05) is 0 Å². The predicted octanol–water partition coefficient (Wildman–Crippen LogP) is 6.81. The monoisotopic (exact) mass is 312 g/mol. The SMILES string of the molecule is C#CCCCCCCCCCCCCCCSCC[CH2].N. The summed E-state index contributed by atoms with van der Waals surface area (Å²) >= 11 is 2.06. The summed E-state index contributed by atoms with van der Waals surface area (Å²) < 4.78 is 0. The highest BCUT2D eigenvalue weighted by Gasteiger charge is 1.94. The smallest absolute Gasteiger partial charge is 0.00860 e. The average Bonchev–Trinajstić information content (AvgIpc) is 2.47. The molecule has 0 atom stereocenters. The van der Waals surface area contributed by atoms with Crippen LogP contribution in [0.3, 0.4) is 0 Å². The first-order valence-electron chi connectivity index (χ1n) is 8.72. The molecule has 0 bridgehead atoms. The normalized spacial score (nSPS) is 10.1. The van der Waals surface area contributed by atoms with Crippen LogP contribution in [0.4, 0.5) is 0 Å². The van der Waals surface area contributed by atoms with Gasteiger partial charge in [-0.05, 0) is 30.8 Å². The van der Waals surface area contributed by atoms with E-state index >= 15 is 0 Å². The highest BCUT2D eigenvalue weighted by Crippen LogP contribution is 2.13. The van der Waals surface area contributed by atoms with E-state index in [1.54, 1.807) is 0 Å². The van der Waals surface area contributed by atoms with Crippen LogP contribution in [0.25, 0.3) is 0 Å². The summed E-state index contributed by atoms with van der Waals surface area (Å²) in [6, 6.07) is 0. The maximum atomic E-state index is 5.24. The van der Waals surface area contributed by atoms with Gasteiger partial charge in [0.2, 0.25) is 0 Å². The first-order valence-corrected chi connectivity index (χ1v) is 9.87. The largest absolute Gasteiger partial charge is 0.344 e. The number of terminal acetylenes is 1. The predicted molar refractivity (Wildman–Crippen MR) is 101 cm³/mol. The maximum absolute atomic E-state index is 5.24. The summed E-state index contributed by atoms with van der Waals surface area (Å²) in [4.78, 5) is 0. The minimum atomic E-state index is 0. The third-order valence-electron chi connectivity index (χ3n) is 3.65. The third-order valence-corrected chi connectivity index (χ3v) is 4.80. The van der Waals surface area contributed by atoms with Crippen LogP contribution in [0, 0.1) is 19.3 Å². The highest BCUT2D eigenvalue weighted by molar-refractivity contribution is 7.99. The molecule has 21 heavy (non-hydrogen) atoms. The summed E-state index contributed by atoms with van der Waals surface area (Å²) in [6.07, 6.45) is 24.1. The molecule has 0 rings (SSSR count). The van der Waals surface area contributed by atoms with Gasteiger partial charge in [0.05, 0.1) is 0 Å². The van der Waals surface area contributed by atoms with E-state index in [0.717, 1.165) is 12.8 Å². The van der Waals surface area contributed by atoms with Crippen molar-refractivity contribution in [1.29, 1.82) is 0 Å². The molecule has 3 N–H and O–H groups in total. The number of hydrogen-bond acceptors (Lipinski definition) is 2. The summed E-state index contributed by atoms with van der Waals surface area (Å²) in [5.74, 6) is 5.29. The van der Waals surface area contributed by atoms with Crippen molar-refractivity contribution in [1.82, 2.24) is 6.15 Å². The summed E-state index contributed by atoms with van der Waals surface area (Å²) in [5.41, 5.74) is 0. The minimum absolute atomic E-state index is 0. The van der Waals surface area contributed by atoms with Crippen molar-refractivity contribution < 1.29 is 0 Å². The van der Waals surface area contributed by atoms with Gasteiger partial charge in [0.15, 0.2) is 0 Å². The van der Waals surface area contributed by atoms with Gasteiger partial charge in [0.25, 0.3) is 0 Å². The van der Waals surface area contributed by atoms with Crippen LogP contribution in [0.1, 0.15) is 89.9 Å². The van der Waals surface area contributed by atoms with Crippen LogP contribution in [0.15, 0.2) is 0 Å². The van der Waals surface area contributed by atoms with E-state index in [0.29, 0.717) is 0 Å². The Balaban J connectivity index is 0. The fourth-order valence-electron chi connectivity index (χ4n) is 2.40. The van der Waals surface area contributed by atoms with Crippen LogP contribution in [-0.2, 0) is 0 Å². The van der Waals surface area contributed by atoms with Crippen molar-refractivity contribution in [2.24, 2.45) is 0 Å². The molecule has 0 aliphatic rings. The van der Waals surface area contributed by atoms with E-state index in [4.69, 9.17) is 6.42 Å². The first kappa shape index (κ1) is 23.1. The molecule has 0 saturated heterocycles. The average molecular weight is 313 g/mol. The lowest BCUT2D eigenvalue weighted by Gasteiger charge is -2.03. The second kappa shape index (κ2) is 22.2. The molecule has 0 heterocycles. The van der Waals surface area contributed by atoms with Gasteiger partial charge >= 0.3 is 0 Å². The Bertz CT molecular complexity index is 210. The van der Waals surface area contributed by atoms with E-state index in [9.17, 15) is 0 Å². The Labute approximate surface area is 139 Å². The van der Waals surface area contributed by atoms with Crippen LogP contribution in [-0.4, -0.2) is 11.5 Å². The van der Waals surface area contributed by atoms with Gasteiger partial charge in [0.1, 0.15) is 0 Å². The summed E-state index contributed by atoms with van der Waals surface area (Å²) in [7, 11) is 0. The Morgan fingerprint density at radius 1 is 0.667 bits per heavy atom. The molecule has 0 aliphatic carbocycles. The Morgan fingerprint density at radius 2 is 1.10 bits per heavy atom. The van der Waals surface area contributed by atoms with Crippen LogP contribution >= 0.6 is 11.8 Å². The fraction of sp³-hybridized carbons (Fsp3) is 0.842. The molecule has 0 spiro atoms. The molecule has 0 aromatic heterocycles. The van der Waals surface area contributed by atoms with E-state index in [-0.39, 0.29) is 6.15 Å². The highest BCUT2D eigenvalue weighted by atomic mass is 32.2. The van der Waals surface area contributed by atoms with Gasteiger partial charge in [-0.15, -0.1) is 12.3 Å². The molecule has 0 fully saturated rings. The van der Waals surface area contributed by atoms with Crippen molar-refractivity contribution in [3.8, 4) is 12.3 Å². The summed E-state index contributed by atoms with van der Waals surface area (Å²) in [6.45, 7) is 3.86. The Kier molecular flexibility index (Phi) is 24.4. The standard InChI is InChI=1S/C19H35S.H3N/c1-3-5-6-7-8-9-10-11-12-13-14-15-16-17-19-20-18-4-2;/h1H,2,4-19H2;1H3. The Hall–Kier alpha value is -0.130. The fourth-order valence-corrected chi connectivity index (χ4v) is 3.22. The molecule has 0 saturated carbocycles. The zero-order chi connectivity index (χ0) is 14.7. The second-order valence-corrected chi connectivity index (χ2v) is 6.89. The van der Waals surface area contributed by atoms with Crippen molar-refractivity contribution in [2.75, 3.05) is 11.5 Å². The van der Waals surface area contributed by atoms with Crippen molar-refractivity contribution in [3.05, 3.63) is 6.92 Å². The molecule has 1 radical (unpaired) electrons. The van der Waals surface area contributed by atoms with Gasteiger partial charge in [-0.25, -0.2) is 0 Å². The summed E-state index contributed by atoms with van der Waals surface area (Å²) in [5, 5.41) is 0. The lowest BCUT2D eigenvalue weighted by molar-refractivity contribution is 0.546. The van der Waals surface area contributed by atoms with Gasteiger partial charge in [-0.2, -0.15) is 11.8 Å². The van der Waals surface area contributed by atoms with Gasteiger partial charge in [-0.3, -0.25) is 0 Å². The first-order chi connectivity index (χ1) is 9.91. The van der Waals surface area contributed by atoms with E-state index < -0.39 is 0 Å². The topological polar surface area (TPSA) is 35.0 Å². The molecular formula is C19H38NS. The molecule has 2 heteroatoms. The molecule has 0 amide bonds.